The smallest absolute Gasteiger partial charge is 0.270 e. The highest BCUT2D eigenvalue weighted by Gasteiger charge is 2.24. The van der Waals surface area contributed by atoms with E-state index in [2.05, 4.69) is 20.3 Å². The van der Waals surface area contributed by atoms with Crippen molar-refractivity contribution in [1.29, 1.82) is 0 Å². The van der Waals surface area contributed by atoms with Crippen LogP contribution in [0.25, 0.3) is 0 Å². The van der Waals surface area contributed by atoms with E-state index in [0.717, 1.165) is 4.88 Å². The Morgan fingerprint density at radius 1 is 1.03 bits per heavy atom. The van der Waals surface area contributed by atoms with Crippen molar-refractivity contribution in [3.8, 4) is 0 Å². The number of aromatic nitrogens is 1. The summed E-state index contributed by atoms with van der Waals surface area (Å²) in [4.78, 5) is 30.6. The molecule has 1 unspecified atom stereocenters. The van der Waals surface area contributed by atoms with Crippen molar-refractivity contribution in [2.45, 2.75) is 43.7 Å². The zero-order valence-corrected chi connectivity index (χ0v) is 20.2. The van der Waals surface area contributed by atoms with Gasteiger partial charge in [-0.05, 0) is 68.6 Å². The van der Waals surface area contributed by atoms with Gasteiger partial charge < -0.3 is 10.6 Å². The van der Waals surface area contributed by atoms with Crippen LogP contribution in [-0.2, 0) is 21.2 Å². The van der Waals surface area contributed by atoms with E-state index in [4.69, 9.17) is 0 Å². The highest BCUT2D eigenvalue weighted by molar-refractivity contribution is 7.89. The monoisotopic (exact) mass is 486 g/mol. The van der Waals surface area contributed by atoms with E-state index in [9.17, 15) is 18.0 Å². The molecule has 0 aliphatic carbocycles. The first-order valence-electron chi connectivity index (χ1n) is 10.2. The molecule has 2 aromatic heterocycles. The van der Waals surface area contributed by atoms with Gasteiger partial charge in [0.1, 0.15) is 11.7 Å². The van der Waals surface area contributed by atoms with Crippen molar-refractivity contribution in [2.75, 3.05) is 5.32 Å². The average Bonchev–Trinajstić information content (AvgIpc) is 3.26. The Kier molecular flexibility index (Phi) is 7.62. The summed E-state index contributed by atoms with van der Waals surface area (Å²) in [5, 5.41) is 7.39. The van der Waals surface area contributed by atoms with Gasteiger partial charge in [-0.25, -0.2) is 13.1 Å². The molecule has 1 aromatic carbocycles. The van der Waals surface area contributed by atoms with E-state index in [1.165, 1.54) is 41.8 Å². The second-order valence-electron chi connectivity index (χ2n) is 8.39. The number of anilines is 1. The summed E-state index contributed by atoms with van der Waals surface area (Å²) >= 11 is 1.49. The summed E-state index contributed by atoms with van der Waals surface area (Å²) in [6.07, 6.45) is 1.82. The van der Waals surface area contributed by atoms with Crippen LogP contribution in [0.1, 0.15) is 36.1 Å². The number of rotatable bonds is 8. The molecule has 2 heterocycles. The molecular weight excluding hydrogens is 460 g/mol. The average molecular weight is 487 g/mol. The predicted octanol–water partition coefficient (Wildman–Crippen LogP) is 3.20. The van der Waals surface area contributed by atoms with Crippen LogP contribution in [0, 0.1) is 0 Å². The lowest BCUT2D eigenvalue weighted by atomic mass is 10.1. The number of amides is 2. The molecule has 3 aromatic rings. The zero-order chi connectivity index (χ0) is 24.1. The van der Waals surface area contributed by atoms with Crippen LogP contribution < -0.4 is 15.4 Å². The number of thiophene rings is 1. The predicted molar refractivity (Wildman–Crippen MR) is 129 cm³/mol. The molecule has 0 saturated heterocycles. The molecule has 0 fully saturated rings. The van der Waals surface area contributed by atoms with E-state index in [1.807, 2.05) is 17.5 Å². The maximum Gasteiger partial charge on any atom is 0.270 e. The molecule has 174 valence electrons. The van der Waals surface area contributed by atoms with Gasteiger partial charge in [0.05, 0.1) is 4.90 Å². The number of nitrogens with one attached hydrogen (secondary N) is 3. The molecule has 33 heavy (non-hydrogen) atoms. The number of hydrogen-bond acceptors (Lipinski definition) is 6. The Morgan fingerprint density at radius 3 is 2.33 bits per heavy atom. The van der Waals surface area contributed by atoms with E-state index in [0.29, 0.717) is 12.1 Å². The van der Waals surface area contributed by atoms with Gasteiger partial charge >= 0.3 is 0 Å². The first kappa shape index (κ1) is 24.6. The van der Waals surface area contributed by atoms with Crippen LogP contribution in [0.15, 0.2) is 71.1 Å². The molecule has 1 atom stereocenters. The normalized spacial score (nSPS) is 12.7. The van der Waals surface area contributed by atoms with Crippen LogP contribution in [0.4, 0.5) is 5.69 Å². The lowest BCUT2D eigenvalue weighted by molar-refractivity contribution is -0.117. The standard InChI is InChI=1S/C23H26N4O4S2/c1-23(2,3)27-33(30,31)18-11-9-16(10-12-18)25-22(29)20(15-17-7-6-14-32-17)26-21(28)19-8-4-5-13-24-19/h4-14,20,27H,15H2,1-3H3,(H,25,29)(H,26,28). The maximum atomic E-state index is 13.0. The third kappa shape index (κ3) is 7.21. The number of carbonyl (C=O) groups is 2. The SMILES string of the molecule is CC(C)(C)NS(=O)(=O)c1ccc(NC(=O)C(Cc2cccs2)NC(=O)c2ccccn2)cc1. The van der Waals surface area contributed by atoms with Gasteiger partial charge in [-0.3, -0.25) is 14.6 Å². The Balaban J connectivity index is 1.74. The molecule has 0 saturated carbocycles. The molecule has 0 bridgehead atoms. The maximum absolute atomic E-state index is 13.0. The molecular formula is C23H26N4O4S2. The van der Waals surface area contributed by atoms with Crippen LogP contribution >= 0.6 is 11.3 Å². The number of carbonyl (C=O) groups excluding carboxylic acids is 2. The van der Waals surface area contributed by atoms with Gasteiger partial charge in [-0.1, -0.05) is 12.1 Å². The molecule has 2 amide bonds. The zero-order valence-electron chi connectivity index (χ0n) is 18.5. The summed E-state index contributed by atoms with van der Waals surface area (Å²) < 4.78 is 27.5. The van der Waals surface area contributed by atoms with Crippen LogP contribution in [-0.4, -0.2) is 36.8 Å². The first-order chi connectivity index (χ1) is 15.5. The number of benzene rings is 1. The van der Waals surface area contributed by atoms with E-state index in [-0.39, 0.29) is 10.6 Å². The highest BCUT2D eigenvalue weighted by atomic mass is 32.2. The first-order valence-corrected chi connectivity index (χ1v) is 12.6. The topological polar surface area (TPSA) is 117 Å². The second kappa shape index (κ2) is 10.2. The Labute approximate surface area is 197 Å². The molecule has 0 aliphatic rings. The minimum atomic E-state index is -3.69. The summed E-state index contributed by atoms with van der Waals surface area (Å²) in [5.41, 5.74) is 0.00683. The Hall–Kier alpha value is -3.08. The van der Waals surface area contributed by atoms with Crippen molar-refractivity contribution in [2.24, 2.45) is 0 Å². The minimum absolute atomic E-state index is 0.0917. The molecule has 0 aliphatic heterocycles. The van der Waals surface area contributed by atoms with E-state index < -0.39 is 33.4 Å². The van der Waals surface area contributed by atoms with Gasteiger partial charge in [-0.15, -0.1) is 11.3 Å². The lowest BCUT2D eigenvalue weighted by Gasteiger charge is -2.20. The van der Waals surface area contributed by atoms with Gasteiger partial charge in [0.15, 0.2) is 0 Å². The number of nitrogens with zero attached hydrogens (tertiary/aromatic N) is 1. The van der Waals surface area contributed by atoms with Gasteiger partial charge in [0.2, 0.25) is 15.9 Å². The molecule has 0 spiro atoms. The van der Waals surface area contributed by atoms with E-state index in [1.54, 1.807) is 39.0 Å². The number of pyridine rings is 1. The fourth-order valence-corrected chi connectivity index (χ4v) is 5.15. The van der Waals surface area contributed by atoms with Crippen molar-refractivity contribution in [1.82, 2.24) is 15.0 Å². The van der Waals surface area contributed by atoms with Crippen molar-refractivity contribution in [3.63, 3.8) is 0 Å². The third-order valence-electron chi connectivity index (χ3n) is 4.38. The Bertz CT molecular complexity index is 1190. The summed E-state index contributed by atoms with van der Waals surface area (Å²) in [6, 6.07) is 13.8. The van der Waals surface area contributed by atoms with Crippen molar-refractivity contribution in [3.05, 3.63) is 76.7 Å². The summed E-state index contributed by atoms with van der Waals surface area (Å²) in [7, 11) is -3.69. The lowest BCUT2D eigenvalue weighted by Crippen LogP contribution is -2.45. The largest absolute Gasteiger partial charge is 0.339 e. The molecule has 10 heteroatoms. The number of hydrogen-bond donors (Lipinski definition) is 3. The molecule has 0 radical (unpaired) electrons. The number of sulfonamides is 1. The third-order valence-corrected chi connectivity index (χ3v) is 7.05. The van der Waals surface area contributed by atoms with Gasteiger partial charge in [0.25, 0.3) is 5.91 Å². The fraction of sp³-hybridized carbons (Fsp3) is 0.261. The quantitative estimate of drug-likeness (QED) is 0.452. The van der Waals surface area contributed by atoms with Gasteiger partial charge in [0, 0.05) is 28.7 Å². The summed E-state index contributed by atoms with van der Waals surface area (Å²) in [5.74, 6) is -0.877. The van der Waals surface area contributed by atoms with E-state index >= 15 is 0 Å². The van der Waals surface area contributed by atoms with Crippen molar-refractivity contribution < 1.29 is 18.0 Å². The molecule has 3 N–H and O–H groups in total. The summed E-state index contributed by atoms with van der Waals surface area (Å²) in [6.45, 7) is 5.27. The fourth-order valence-electron chi connectivity index (χ4n) is 2.98. The van der Waals surface area contributed by atoms with Crippen LogP contribution in [0.2, 0.25) is 0 Å². The minimum Gasteiger partial charge on any atom is -0.339 e. The Morgan fingerprint density at radius 2 is 1.76 bits per heavy atom. The second-order valence-corrected chi connectivity index (χ2v) is 11.1. The van der Waals surface area contributed by atoms with Gasteiger partial charge in [-0.2, -0.15) is 0 Å². The molecule has 8 nitrogen and oxygen atoms in total. The van der Waals surface area contributed by atoms with Crippen LogP contribution in [0.5, 0.6) is 0 Å². The van der Waals surface area contributed by atoms with Crippen molar-refractivity contribution >= 4 is 38.9 Å². The molecule has 3 rings (SSSR count). The highest BCUT2D eigenvalue weighted by Crippen LogP contribution is 2.18. The van der Waals surface area contributed by atoms with Crippen LogP contribution in [0.3, 0.4) is 0 Å².